The third-order valence-electron chi connectivity index (χ3n) is 6.98. The van der Waals surface area contributed by atoms with Crippen LogP contribution in [0.3, 0.4) is 0 Å². The molecule has 7 heteroatoms. The van der Waals surface area contributed by atoms with Crippen LogP contribution in [-0.2, 0) is 6.42 Å². The SMILES string of the molecule is O=C(c1ccccn1)N1CCN(C(=O)c2c3c(nc4ccccc24)/C(=C\c2ccco2)CCC3)CC1. The maximum absolute atomic E-state index is 14.0. The topological polar surface area (TPSA) is 79.5 Å². The van der Waals surface area contributed by atoms with Gasteiger partial charge in [-0.05, 0) is 66.8 Å². The van der Waals surface area contributed by atoms with Gasteiger partial charge in [-0.25, -0.2) is 4.98 Å². The molecule has 0 radical (unpaired) electrons. The van der Waals surface area contributed by atoms with Crippen LogP contribution in [0.2, 0.25) is 0 Å². The smallest absolute Gasteiger partial charge is 0.272 e. The Morgan fingerprint density at radius 2 is 1.64 bits per heavy atom. The summed E-state index contributed by atoms with van der Waals surface area (Å²) >= 11 is 0. The molecule has 1 aliphatic carbocycles. The van der Waals surface area contributed by atoms with E-state index >= 15 is 0 Å². The molecule has 0 N–H and O–H groups in total. The predicted octanol–water partition coefficient (Wildman–Crippen LogP) is 4.70. The second-order valence-corrected chi connectivity index (χ2v) is 9.17. The van der Waals surface area contributed by atoms with Crippen molar-refractivity contribution in [3.8, 4) is 0 Å². The van der Waals surface area contributed by atoms with Gasteiger partial charge in [0.2, 0.25) is 0 Å². The highest BCUT2D eigenvalue weighted by Gasteiger charge is 2.31. The monoisotopic (exact) mass is 478 g/mol. The summed E-state index contributed by atoms with van der Waals surface area (Å²) in [5.41, 5.74) is 4.98. The van der Waals surface area contributed by atoms with Gasteiger partial charge in [-0.3, -0.25) is 14.6 Å². The highest BCUT2D eigenvalue weighted by Crippen LogP contribution is 2.36. The molecule has 2 amide bonds. The number of furan rings is 1. The maximum atomic E-state index is 14.0. The number of para-hydroxylation sites is 1. The molecule has 0 unspecified atom stereocenters. The van der Waals surface area contributed by atoms with Gasteiger partial charge < -0.3 is 14.2 Å². The van der Waals surface area contributed by atoms with Crippen molar-refractivity contribution in [1.29, 1.82) is 0 Å². The number of rotatable bonds is 3. The van der Waals surface area contributed by atoms with E-state index < -0.39 is 0 Å². The van der Waals surface area contributed by atoms with E-state index in [4.69, 9.17) is 9.40 Å². The van der Waals surface area contributed by atoms with E-state index in [1.54, 1.807) is 29.5 Å². The summed E-state index contributed by atoms with van der Waals surface area (Å²) in [6, 6.07) is 17.0. The van der Waals surface area contributed by atoms with Crippen molar-refractivity contribution in [2.24, 2.45) is 0 Å². The zero-order valence-corrected chi connectivity index (χ0v) is 19.9. The lowest BCUT2D eigenvalue weighted by atomic mass is 9.85. The van der Waals surface area contributed by atoms with Crippen LogP contribution in [0.15, 0.2) is 71.5 Å². The molecule has 1 aliphatic heterocycles. The number of pyridine rings is 2. The van der Waals surface area contributed by atoms with Crippen LogP contribution in [0.4, 0.5) is 0 Å². The molecular formula is C29H26N4O3. The van der Waals surface area contributed by atoms with Gasteiger partial charge in [-0.1, -0.05) is 24.3 Å². The number of amides is 2. The minimum atomic E-state index is -0.0952. The lowest BCUT2D eigenvalue weighted by Gasteiger charge is -2.35. The minimum absolute atomic E-state index is 0.00836. The molecule has 1 saturated heterocycles. The summed E-state index contributed by atoms with van der Waals surface area (Å²) < 4.78 is 5.56. The van der Waals surface area contributed by atoms with Crippen molar-refractivity contribution in [3.63, 3.8) is 0 Å². The number of hydrogen-bond acceptors (Lipinski definition) is 5. The van der Waals surface area contributed by atoms with Gasteiger partial charge in [0.15, 0.2) is 0 Å². The first-order valence-corrected chi connectivity index (χ1v) is 12.3. The zero-order chi connectivity index (χ0) is 24.5. The first-order chi connectivity index (χ1) is 17.7. The Kier molecular flexibility index (Phi) is 5.81. The minimum Gasteiger partial charge on any atom is -0.465 e. The van der Waals surface area contributed by atoms with Crippen molar-refractivity contribution >= 4 is 34.4 Å². The number of hydrogen-bond donors (Lipinski definition) is 0. The number of allylic oxidation sites excluding steroid dienone is 1. The molecule has 4 aromatic rings. The summed E-state index contributed by atoms with van der Waals surface area (Å²) in [6.07, 6.45) is 7.97. The van der Waals surface area contributed by atoms with E-state index in [9.17, 15) is 9.59 Å². The third-order valence-corrected chi connectivity index (χ3v) is 6.98. The lowest BCUT2D eigenvalue weighted by molar-refractivity contribution is 0.0532. The van der Waals surface area contributed by atoms with Crippen LogP contribution in [0.25, 0.3) is 22.6 Å². The molecule has 2 aliphatic rings. The van der Waals surface area contributed by atoms with Crippen LogP contribution < -0.4 is 0 Å². The molecule has 0 bridgehead atoms. The molecule has 0 saturated carbocycles. The van der Waals surface area contributed by atoms with Gasteiger partial charge >= 0.3 is 0 Å². The first-order valence-electron chi connectivity index (χ1n) is 12.3. The predicted molar refractivity (Wildman–Crippen MR) is 137 cm³/mol. The summed E-state index contributed by atoms with van der Waals surface area (Å²) in [6.45, 7) is 1.93. The standard InChI is InChI=1S/C29H26N4O3/c34-28(25-12-3-4-13-30-25)32-14-16-33(17-15-32)29(35)26-22-9-1-2-11-24(22)31-27-20(7-5-10-23(26)27)19-21-8-6-18-36-21/h1-4,6,8-9,11-13,18-19H,5,7,10,14-17H2/b20-19-. The fourth-order valence-electron chi connectivity index (χ4n) is 5.19. The number of carbonyl (C=O) groups excluding carboxylic acids is 2. The Morgan fingerprint density at radius 1 is 0.861 bits per heavy atom. The molecule has 36 heavy (non-hydrogen) atoms. The maximum Gasteiger partial charge on any atom is 0.272 e. The molecule has 0 spiro atoms. The third kappa shape index (κ3) is 4.06. The van der Waals surface area contributed by atoms with Crippen molar-refractivity contribution in [2.45, 2.75) is 19.3 Å². The lowest BCUT2D eigenvalue weighted by Crippen LogP contribution is -2.51. The van der Waals surface area contributed by atoms with Gasteiger partial charge in [-0.15, -0.1) is 0 Å². The highest BCUT2D eigenvalue weighted by atomic mass is 16.3. The van der Waals surface area contributed by atoms with Crippen LogP contribution in [0.1, 0.15) is 50.7 Å². The molecule has 7 nitrogen and oxygen atoms in total. The fraction of sp³-hybridized carbons (Fsp3) is 0.241. The number of carbonyl (C=O) groups is 2. The molecule has 6 rings (SSSR count). The highest BCUT2D eigenvalue weighted by molar-refractivity contribution is 6.09. The van der Waals surface area contributed by atoms with Crippen molar-refractivity contribution in [2.75, 3.05) is 26.2 Å². The Hall–Kier alpha value is -4.26. The van der Waals surface area contributed by atoms with Crippen molar-refractivity contribution in [1.82, 2.24) is 19.8 Å². The molecule has 1 fully saturated rings. The van der Waals surface area contributed by atoms with Gasteiger partial charge in [0.25, 0.3) is 11.8 Å². The fourth-order valence-corrected chi connectivity index (χ4v) is 5.19. The number of benzene rings is 1. The number of fused-ring (bicyclic) bond motifs is 2. The number of aromatic nitrogens is 2. The van der Waals surface area contributed by atoms with Gasteiger partial charge in [0.05, 0.1) is 23.0 Å². The number of piperazine rings is 1. The van der Waals surface area contributed by atoms with E-state index in [1.165, 1.54) is 0 Å². The first kappa shape index (κ1) is 22.2. The summed E-state index contributed by atoms with van der Waals surface area (Å²) in [4.78, 5) is 39.6. The van der Waals surface area contributed by atoms with Crippen LogP contribution >= 0.6 is 0 Å². The Labute approximate surface area is 209 Å². The molecule has 0 atom stereocenters. The summed E-state index contributed by atoms with van der Waals surface area (Å²) in [7, 11) is 0. The molecule has 4 heterocycles. The Balaban J connectivity index is 1.32. The van der Waals surface area contributed by atoms with Crippen LogP contribution in [-0.4, -0.2) is 57.8 Å². The van der Waals surface area contributed by atoms with E-state index in [0.717, 1.165) is 58.3 Å². The Morgan fingerprint density at radius 3 is 2.39 bits per heavy atom. The van der Waals surface area contributed by atoms with Crippen LogP contribution in [0.5, 0.6) is 0 Å². The Bertz CT molecular complexity index is 1450. The summed E-state index contributed by atoms with van der Waals surface area (Å²) in [5.74, 6) is 0.700. The van der Waals surface area contributed by atoms with Crippen molar-refractivity contribution in [3.05, 3.63) is 95.3 Å². The second-order valence-electron chi connectivity index (χ2n) is 9.17. The summed E-state index contributed by atoms with van der Waals surface area (Å²) in [5, 5.41) is 0.882. The van der Waals surface area contributed by atoms with Gasteiger partial charge in [0, 0.05) is 37.8 Å². The molecular weight excluding hydrogens is 452 g/mol. The average molecular weight is 479 g/mol. The van der Waals surface area contributed by atoms with E-state index in [-0.39, 0.29) is 11.8 Å². The normalized spacial score (nSPS) is 16.8. The van der Waals surface area contributed by atoms with Gasteiger partial charge in [-0.2, -0.15) is 0 Å². The largest absolute Gasteiger partial charge is 0.465 e. The number of nitrogens with zero attached hydrogens (tertiary/aromatic N) is 4. The molecule has 180 valence electrons. The molecule has 1 aromatic carbocycles. The van der Waals surface area contributed by atoms with Gasteiger partial charge in [0.1, 0.15) is 11.5 Å². The van der Waals surface area contributed by atoms with E-state index in [1.807, 2.05) is 53.4 Å². The van der Waals surface area contributed by atoms with E-state index in [0.29, 0.717) is 31.9 Å². The van der Waals surface area contributed by atoms with E-state index in [2.05, 4.69) is 4.98 Å². The molecule has 3 aromatic heterocycles. The zero-order valence-electron chi connectivity index (χ0n) is 19.9. The van der Waals surface area contributed by atoms with Crippen LogP contribution in [0, 0.1) is 0 Å². The average Bonchev–Trinajstić information content (AvgIpc) is 3.45. The quantitative estimate of drug-likeness (QED) is 0.427. The van der Waals surface area contributed by atoms with Crippen molar-refractivity contribution < 1.29 is 14.0 Å². The second kappa shape index (κ2) is 9.41.